The highest BCUT2D eigenvalue weighted by Gasteiger charge is 2.03. The SMILES string of the molecule is Nc1ccc(-c2ccc(-c3ccc(O)cc3)nn2)cc1. The lowest BCUT2D eigenvalue weighted by Gasteiger charge is -2.03. The Kier molecular flexibility index (Phi) is 3.05. The van der Waals surface area contributed by atoms with E-state index in [-0.39, 0.29) is 5.75 Å². The molecule has 4 heteroatoms. The fourth-order valence-electron chi connectivity index (χ4n) is 1.93. The number of nitrogen functional groups attached to an aromatic ring is 1. The molecule has 0 radical (unpaired) electrons. The Balaban J connectivity index is 1.91. The van der Waals surface area contributed by atoms with Crippen molar-refractivity contribution < 1.29 is 5.11 Å². The van der Waals surface area contributed by atoms with Crippen LogP contribution in [0.4, 0.5) is 5.69 Å². The zero-order chi connectivity index (χ0) is 13.9. The van der Waals surface area contributed by atoms with Crippen molar-refractivity contribution in [2.45, 2.75) is 0 Å². The predicted octanol–water partition coefficient (Wildman–Crippen LogP) is 3.10. The summed E-state index contributed by atoms with van der Waals surface area (Å²) in [5.41, 5.74) is 9.84. The van der Waals surface area contributed by atoms with Crippen LogP contribution in [-0.2, 0) is 0 Å². The molecule has 98 valence electrons. The lowest BCUT2D eigenvalue weighted by atomic mass is 10.1. The summed E-state index contributed by atoms with van der Waals surface area (Å²) in [5, 5.41) is 17.7. The zero-order valence-electron chi connectivity index (χ0n) is 10.7. The van der Waals surface area contributed by atoms with Crippen molar-refractivity contribution in [3.8, 4) is 28.3 Å². The van der Waals surface area contributed by atoms with Crippen LogP contribution >= 0.6 is 0 Å². The molecule has 4 nitrogen and oxygen atoms in total. The Morgan fingerprint density at radius 2 is 1.10 bits per heavy atom. The minimum absolute atomic E-state index is 0.236. The molecule has 0 amide bonds. The van der Waals surface area contributed by atoms with Crippen LogP contribution in [0.5, 0.6) is 5.75 Å². The number of phenols is 1. The van der Waals surface area contributed by atoms with Crippen molar-refractivity contribution in [3.63, 3.8) is 0 Å². The number of nitrogens with zero attached hydrogens (tertiary/aromatic N) is 2. The minimum Gasteiger partial charge on any atom is -0.508 e. The first-order chi connectivity index (χ1) is 9.72. The highest BCUT2D eigenvalue weighted by atomic mass is 16.3. The fraction of sp³-hybridized carbons (Fsp3) is 0. The van der Waals surface area contributed by atoms with Gasteiger partial charge in [-0.1, -0.05) is 12.1 Å². The van der Waals surface area contributed by atoms with Crippen molar-refractivity contribution in [1.29, 1.82) is 0 Å². The fourth-order valence-corrected chi connectivity index (χ4v) is 1.93. The van der Waals surface area contributed by atoms with Crippen LogP contribution in [0.1, 0.15) is 0 Å². The molecule has 0 atom stereocenters. The Hall–Kier alpha value is -2.88. The number of aromatic hydroxyl groups is 1. The van der Waals surface area contributed by atoms with Gasteiger partial charge in [0.2, 0.25) is 0 Å². The molecule has 0 saturated heterocycles. The third-order valence-corrected chi connectivity index (χ3v) is 3.03. The maximum Gasteiger partial charge on any atom is 0.115 e. The molecule has 2 aromatic carbocycles. The predicted molar refractivity (Wildman–Crippen MR) is 79.0 cm³/mol. The van der Waals surface area contributed by atoms with Gasteiger partial charge in [-0.25, -0.2) is 0 Å². The first-order valence-electron chi connectivity index (χ1n) is 6.21. The van der Waals surface area contributed by atoms with Gasteiger partial charge in [0.1, 0.15) is 5.75 Å². The van der Waals surface area contributed by atoms with Gasteiger partial charge in [0, 0.05) is 16.8 Å². The molecule has 0 aliphatic heterocycles. The van der Waals surface area contributed by atoms with Crippen molar-refractivity contribution in [2.24, 2.45) is 0 Å². The molecular formula is C16H13N3O. The lowest BCUT2D eigenvalue weighted by Crippen LogP contribution is -1.91. The second-order valence-electron chi connectivity index (χ2n) is 4.47. The van der Waals surface area contributed by atoms with Crippen molar-refractivity contribution in [2.75, 3.05) is 5.73 Å². The first kappa shape index (κ1) is 12.2. The first-order valence-corrected chi connectivity index (χ1v) is 6.21. The van der Waals surface area contributed by atoms with E-state index in [2.05, 4.69) is 10.2 Å². The van der Waals surface area contributed by atoms with Gasteiger partial charge in [0.15, 0.2) is 0 Å². The van der Waals surface area contributed by atoms with Gasteiger partial charge in [-0.3, -0.25) is 0 Å². The van der Waals surface area contributed by atoms with Gasteiger partial charge in [-0.2, -0.15) is 0 Å². The van der Waals surface area contributed by atoms with E-state index in [0.717, 1.165) is 28.2 Å². The van der Waals surface area contributed by atoms with Crippen molar-refractivity contribution in [1.82, 2.24) is 10.2 Å². The van der Waals surface area contributed by atoms with Gasteiger partial charge >= 0.3 is 0 Å². The summed E-state index contributed by atoms with van der Waals surface area (Å²) in [6.45, 7) is 0. The molecule has 20 heavy (non-hydrogen) atoms. The molecule has 1 heterocycles. The van der Waals surface area contributed by atoms with Crippen LogP contribution in [0.2, 0.25) is 0 Å². The van der Waals surface area contributed by atoms with Crippen LogP contribution in [0.3, 0.4) is 0 Å². The second-order valence-corrected chi connectivity index (χ2v) is 4.47. The minimum atomic E-state index is 0.236. The van der Waals surface area contributed by atoms with E-state index in [1.807, 2.05) is 48.5 Å². The summed E-state index contributed by atoms with van der Waals surface area (Å²) >= 11 is 0. The number of hydrogen-bond acceptors (Lipinski definition) is 4. The van der Waals surface area contributed by atoms with E-state index in [1.165, 1.54) is 0 Å². The molecule has 3 N–H and O–H groups in total. The summed E-state index contributed by atoms with van der Waals surface area (Å²) in [7, 11) is 0. The number of aromatic nitrogens is 2. The van der Waals surface area contributed by atoms with Crippen LogP contribution in [0.25, 0.3) is 22.5 Å². The van der Waals surface area contributed by atoms with Crippen molar-refractivity contribution in [3.05, 3.63) is 60.7 Å². The third kappa shape index (κ3) is 2.44. The lowest BCUT2D eigenvalue weighted by molar-refractivity contribution is 0.475. The standard InChI is InChI=1S/C16H13N3O/c17-13-5-1-11(2-6-13)15-9-10-16(19-18-15)12-3-7-14(20)8-4-12/h1-10,20H,17H2. The number of anilines is 1. The number of benzene rings is 2. The molecule has 3 aromatic rings. The molecule has 0 fully saturated rings. The molecule has 0 spiro atoms. The van der Waals surface area contributed by atoms with E-state index >= 15 is 0 Å². The zero-order valence-corrected chi connectivity index (χ0v) is 10.7. The quantitative estimate of drug-likeness (QED) is 0.697. The summed E-state index contributed by atoms with van der Waals surface area (Å²) in [6, 6.07) is 18.2. The Morgan fingerprint density at radius 3 is 1.55 bits per heavy atom. The molecule has 0 bridgehead atoms. The molecule has 0 saturated carbocycles. The maximum atomic E-state index is 9.27. The average Bonchev–Trinajstić information content (AvgIpc) is 2.49. The van der Waals surface area contributed by atoms with Crippen molar-refractivity contribution >= 4 is 5.69 Å². The monoisotopic (exact) mass is 263 g/mol. The van der Waals surface area contributed by atoms with E-state index in [1.54, 1.807) is 12.1 Å². The molecule has 0 aliphatic carbocycles. The van der Waals surface area contributed by atoms with E-state index < -0.39 is 0 Å². The van der Waals surface area contributed by atoms with E-state index in [0.29, 0.717) is 0 Å². The normalized spacial score (nSPS) is 10.4. The molecule has 0 unspecified atom stereocenters. The van der Waals surface area contributed by atoms with Crippen LogP contribution < -0.4 is 5.73 Å². The highest BCUT2D eigenvalue weighted by molar-refractivity contribution is 5.65. The largest absolute Gasteiger partial charge is 0.508 e. The van der Waals surface area contributed by atoms with E-state index in [4.69, 9.17) is 5.73 Å². The van der Waals surface area contributed by atoms with Gasteiger partial charge in [0.25, 0.3) is 0 Å². The molecule has 0 aliphatic rings. The molecule has 3 rings (SSSR count). The Labute approximate surface area is 116 Å². The Morgan fingerprint density at radius 1 is 0.650 bits per heavy atom. The Bertz CT molecular complexity index is 640. The van der Waals surface area contributed by atoms with Gasteiger partial charge < -0.3 is 10.8 Å². The number of rotatable bonds is 2. The smallest absolute Gasteiger partial charge is 0.115 e. The number of hydrogen-bond donors (Lipinski definition) is 2. The van der Waals surface area contributed by atoms with Gasteiger partial charge in [0.05, 0.1) is 11.4 Å². The topological polar surface area (TPSA) is 72.0 Å². The third-order valence-electron chi connectivity index (χ3n) is 3.03. The molecular weight excluding hydrogens is 250 g/mol. The maximum absolute atomic E-state index is 9.27. The number of phenolic OH excluding ortho intramolecular Hbond substituents is 1. The summed E-state index contributed by atoms with van der Waals surface area (Å²) in [5.74, 6) is 0.236. The van der Waals surface area contributed by atoms with Gasteiger partial charge in [-0.15, -0.1) is 10.2 Å². The van der Waals surface area contributed by atoms with Crippen LogP contribution in [0.15, 0.2) is 60.7 Å². The van der Waals surface area contributed by atoms with Gasteiger partial charge in [-0.05, 0) is 48.5 Å². The van der Waals surface area contributed by atoms with E-state index in [9.17, 15) is 5.11 Å². The summed E-state index contributed by atoms with van der Waals surface area (Å²) in [4.78, 5) is 0. The highest BCUT2D eigenvalue weighted by Crippen LogP contribution is 2.22. The summed E-state index contributed by atoms with van der Waals surface area (Å²) in [6.07, 6.45) is 0. The number of nitrogens with two attached hydrogens (primary N) is 1. The second kappa shape index (κ2) is 5.01. The van der Waals surface area contributed by atoms with Crippen LogP contribution in [-0.4, -0.2) is 15.3 Å². The summed E-state index contributed by atoms with van der Waals surface area (Å²) < 4.78 is 0. The average molecular weight is 263 g/mol. The molecule has 1 aromatic heterocycles. The van der Waals surface area contributed by atoms with Crippen LogP contribution in [0, 0.1) is 0 Å².